The number of hydrogen-bond acceptors (Lipinski definition) is 4. The van der Waals surface area contributed by atoms with Crippen LogP contribution in [-0.2, 0) is 16.0 Å². The van der Waals surface area contributed by atoms with E-state index in [-0.39, 0.29) is 0 Å². The molecule has 0 aliphatic heterocycles. The molecule has 2 rings (SSSR count). The van der Waals surface area contributed by atoms with Gasteiger partial charge in [0.25, 0.3) is 0 Å². The van der Waals surface area contributed by atoms with Crippen molar-refractivity contribution in [2.75, 3.05) is 19.0 Å². The average molecular weight is 304 g/mol. The molecule has 0 fully saturated rings. The van der Waals surface area contributed by atoms with E-state index in [1.807, 2.05) is 16.8 Å². The van der Waals surface area contributed by atoms with Gasteiger partial charge in [-0.3, -0.25) is 9.59 Å². The zero-order valence-corrected chi connectivity index (χ0v) is 12.4. The first kappa shape index (κ1) is 15.1. The van der Waals surface area contributed by atoms with Crippen molar-refractivity contribution in [2.45, 2.75) is 6.42 Å². The molecular weight excluding hydrogens is 288 g/mol. The topological polar surface area (TPSA) is 67.4 Å². The molecule has 0 atom stereocenters. The van der Waals surface area contributed by atoms with Crippen molar-refractivity contribution in [3.63, 3.8) is 0 Å². The van der Waals surface area contributed by atoms with Gasteiger partial charge < -0.3 is 15.4 Å². The summed E-state index contributed by atoms with van der Waals surface area (Å²) in [7, 11) is 1.51. The molecule has 110 valence electrons. The van der Waals surface area contributed by atoms with Crippen molar-refractivity contribution in [1.29, 1.82) is 0 Å². The number of carbonyl (C=O) groups excluding carboxylic acids is 2. The lowest BCUT2D eigenvalue weighted by Gasteiger charge is -2.09. The lowest BCUT2D eigenvalue weighted by Crippen LogP contribution is -2.36. The Bertz CT molecular complexity index is 611. The standard InChI is InChI=1S/C15H16N2O3S/c1-20-13-5-3-2-4-12(13)17-15(19)14(18)16-8-6-11-7-9-21-10-11/h2-5,7,9-10H,6,8H2,1H3,(H,16,18)(H,17,19). The van der Waals surface area contributed by atoms with E-state index in [2.05, 4.69) is 10.6 Å². The van der Waals surface area contributed by atoms with E-state index in [1.54, 1.807) is 35.6 Å². The highest BCUT2D eigenvalue weighted by Gasteiger charge is 2.14. The number of rotatable bonds is 5. The number of nitrogens with one attached hydrogen (secondary N) is 2. The Kier molecular flexibility index (Phi) is 5.34. The van der Waals surface area contributed by atoms with Crippen LogP contribution in [0.2, 0.25) is 0 Å². The molecule has 0 saturated carbocycles. The lowest BCUT2D eigenvalue weighted by molar-refractivity contribution is -0.136. The Hall–Kier alpha value is -2.34. The maximum Gasteiger partial charge on any atom is 0.313 e. The highest BCUT2D eigenvalue weighted by atomic mass is 32.1. The van der Waals surface area contributed by atoms with Gasteiger partial charge in [0.05, 0.1) is 12.8 Å². The smallest absolute Gasteiger partial charge is 0.313 e. The summed E-state index contributed by atoms with van der Waals surface area (Å²) in [6.45, 7) is 0.426. The summed E-state index contributed by atoms with van der Waals surface area (Å²) in [5.74, 6) is -0.849. The normalized spacial score (nSPS) is 9.95. The number of anilines is 1. The van der Waals surface area contributed by atoms with Crippen molar-refractivity contribution in [3.8, 4) is 5.75 Å². The van der Waals surface area contributed by atoms with Gasteiger partial charge in [0, 0.05) is 6.54 Å². The third-order valence-corrected chi connectivity index (χ3v) is 3.57. The van der Waals surface area contributed by atoms with Crippen molar-refractivity contribution in [3.05, 3.63) is 46.7 Å². The molecule has 0 unspecified atom stereocenters. The summed E-state index contributed by atoms with van der Waals surface area (Å²) < 4.78 is 5.11. The van der Waals surface area contributed by atoms with Crippen molar-refractivity contribution in [2.24, 2.45) is 0 Å². The highest BCUT2D eigenvalue weighted by Crippen LogP contribution is 2.22. The predicted octanol–water partition coefficient (Wildman–Crippen LogP) is 2.05. The molecule has 0 radical (unpaired) electrons. The Balaban J connectivity index is 1.83. The van der Waals surface area contributed by atoms with Gasteiger partial charge in [-0.15, -0.1) is 0 Å². The maximum absolute atomic E-state index is 11.8. The van der Waals surface area contributed by atoms with Crippen molar-refractivity contribution >= 4 is 28.8 Å². The number of carbonyl (C=O) groups is 2. The lowest BCUT2D eigenvalue weighted by atomic mass is 10.2. The van der Waals surface area contributed by atoms with Crippen LogP contribution in [-0.4, -0.2) is 25.5 Å². The molecule has 0 saturated heterocycles. The van der Waals surface area contributed by atoms with Gasteiger partial charge in [-0.1, -0.05) is 12.1 Å². The van der Waals surface area contributed by atoms with Gasteiger partial charge in [-0.2, -0.15) is 11.3 Å². The van der Waals surface area contributed by atoms with E-state index >= 15 is 0 Å². The molecule has 1 aromatic heterocycles. The molecule has 1 heterocycles. The Morgan fingerprint density at radius 1 is 1.19 bits per heavy atom. The summed E-state index contributed by atoms with van der Waals surface area (Å²) >= 11 is 1.60. The predicted molar refractivity (Wildman–Crippen MR) is 82.7 cm³/mol. The van der Waals surface area contributed by atoms with Crippen LogP contribution in [0.25, 0.3) is 0 Å². The summed E-state index contributed by atoms with van der Waals surface area (Å²) in [6, 6.07) is 8.92. The minimum Gasteiger partial charge on any atom is -0.495 e. The number of benzene rings is 1. The molecular formula is C15H16N2O3S. The molecule has 0 bridgehead atoms. The quantitative estimate of drug-likeness (QED) is 0.831. The van der Waals surface area contributed by atoms with E-state index in [0.29, 0.717) is 24.4 Å². The molecule has 2 N–H and O–H groups in total. The zero-order chi connectivity index (χ0) is 15.1. The maximum atomic E-state index is 11.8. The number of para-hydroxylation sites is 2. The fourth-order valence-corrected chi connectivity index (χ4v) is 2.47. The van der Waals surface area contributed by atoms with Crippen LogP contribution in [0.5, 0.6) is 5.75 Å². The summed E-state index contributed by atoms with van der Waals surface area (Å²) in [5.41, 5.74) is 1.61. The molecule has 0 aliphatic rings. The number of amides is 2. The second-order valence-corrected chi connectivity index (χ2v) is 5.07. The monoisotopic (exact) mass is 304 g/mol. The molecule has 0 spiro atoms. The molecule has 2 amide bonds. The molecule has 1 aromatic carbocycles. The second-order valence-electron chi connectivity index (χ2n) is 4.29. The number of ether oxygens (including phenoxy) is 1. The van der Waals surface area contributed by atoms with E-state index in [1.165, 1.54) is 7.11 Å². The van der Waals surface area contributed by atoms with E-state index in [0.717, 1.165) is 5.56 Å². The van der Waals surface area contributed by atoms with Gasteiger partial charge in [0.15, 0.2) is 0 Å². The third-order valence-electron chi connectivity index (χ3n) is 2.84. The Morgan fingerprint density at radius 3 is 2.71 bits per heavy atom. The highest BCUT2D eigenvalue weighted by molar-refractivity contribution is 7.07. The minimum absolute atomic E-state index is 0.426. The van der Waals surface area contributed by atoms with Crippen LogP contribution in [0, 0.1) is 0 Å². The number of thiophene rings is 1. The number of methoxy groups -OCH3 is 1. The summed E-state index contributed by atoms with van der Waals surface area (Å²) in [6.07, 6.45) is 0.706. The van der Waals surface area contributed by atoms with E-state index in [9.17, 15) is 9.59 Å². The minimum atomic E-state index is -0.704. The van der Waals surface area contributed by atoms with Crippen LogP contribution >= 0.6 is 11.3 Å². The van der Waals surface area contributed by atoms with Crippen LogP contribution in [0.3, 0.4) is 0 Å². The summed E-state index contributed by atoms with van der Waals surface area (Å²) in [4.78, 5) is 23.5. The van der Waals surface area contributed by atoms with Gasteiger partial charge in [-0.25, -0.2) is 0 Å². The first-order valence-corrected chi connectivity index (χ1v) is 7.38. The molecule has 0 aliphatic carbocycles. The van der Waals surface area contributed by atoms with Crippen molar-refractivity contribution in [1.82, 2.24) is 5.32 Å². The first-order valence-electron chi connectivity index (χ1n) is 6.44. The van der Waals surface area contributed by atoms with E-state index in [4.69, 9.17) is 4.74 Å². The molecule has 2 aromatic rings. The third kappa shape index (κ3) is 4.32. The average Bonchev–Trinajstić information content (AvgIpc) is 3.01. The number of hydrogen-bond donors (Lipinski definition) is 2. The summed E-state index contributed by atoms with van der Waals surface area (Å²) in [5, 5.41) is 9.11. The zero-order valence-electron chi connectivity index (χ0n) is 11.6. The fraction of sp³-hybridized carbons (Fsp3) is 0.200. The second kappa shape index (κ2) is 7.44. The molecule has 5 nitrogen and oxygen atoms in total. The Labute approximate surface area is 126 Å². The van der Waals surface area contributed by atoms with Gasteiger partial charge in [0.2, 0.25) is 0 Å². The van der Waals surface area contributed by atoms with Gasteiger partial charge >= 0.3 is 11.8 Å². The van der Waals surface area contributed by atoms with Gasteiger partial charge in [-0.05, 0) is 40.9 Å². The first-order chi connectivity index (χ1) is 10.2. The van der Waals surface area contributed by atoms with Gasteiger partial charge in [0.1, 0.15) is 5.75 Å². The Morgan fingerprint density at radius 2 is 2.00 bits per heavy atom. The molecule has 21 heavy (non-hydrogen) atoms. The van der Waals surface area contributed by atoms with Crippen LogP contribution < -0.4 is 15.4 Å². The van der Waals surface area contributed by atoms with Crippen LogP contribution in [0.4, 0.5) is 5.69 Å². The van der Waals surface area contributed by atoms with Crippen LogP contribution in [0.1, 0.15) is 5.56 Å². The largest absolute Gasteiger partial charge is 0.495 e. The van der Waals surface area contributed by atoms with E-state index < -0.39 is 11.8 Å². The van der Waals surface area contributed by atoms with Crippen molar-refractivity contribution < 1.29 is 14.3 Å². The fourth-order valence-electron chi connectivity index (χ4n) is 1.76. The van der Waals surface area contributed by atoms with Crippen LogP contribution in [0.15, 0.2) is 41.1 Å². The molecule has 6 heteroatoms. The SMILES string of the molecule is COc1ccccc1NC(=O)C(=O)NCCc1ccsc1.